The van der Waals surface area contributed by atoms with E-state index in [4.69, 9.17) is 21.1 Å². The van der Waals surface area contributed by atoms with Crippen molar-refractivity contribution in [2.24, 2.45) is 0 Å². The highest BCUT2D eigenvalue weighted by atomic mass is 35.5. The van der Waals surface area contributed by atoms with Crippen LogP contribution in [0.5, 0.6) is 11.5 Å². The van der Waals surface area contributed by atoms with Crippen molar-refractivity contribution in [1.29, 1.82) is 0 Å². The van der Waals surface area contributed by atoms with Gasteiger partial charge in [-0.1, -0.05) is 11.6 Å². The molecule has 20 heavy (non-hydrogen) atoms. The summed E-state index contributed by atoms with van der Waals surface area (Å²) in [6.07, 6.45) is 3.14. The van der Waals surface area contributed by atoms with Gasteiger partial charge in [0.15, 0.2) is 11.5 Å². The predicted octanol–water partition coefficient (Wildman–Crippen LogP) is 2.46. The van der Waals surface area contributed by atoms with E-state index in [0.717, 1.165) is 5.56 Å². The Kier molecular flexibility index (Phi) is 3.15. The van der Waals surface area contributed by atoms with E-state index >= 15 is 0 Å². The SMILES string of the molecule is COc1cc(OC)cc(-c2nnc3cncc(Cl)n23)c1. The lowest BCUT2D eigenvalue weighted by Gasteiger charge is -2.08. The molecule has 0 aliphatic carbocycles. The van der Waals surface area contributed by atoms with Crippen LogP contribution < -0.4 is 9.47 Å². The Bertz CT molecular complexity index is 750. The third kappa shape index (κ3) is 2.04. The molecule has 0 saturated carbocycles. The van der Waals surface area contributed by atoms with E-state index in [0.29, 0.717) is 28.1 Å². The Morgan fingerprint density at radius 2 is 1.70 bits per heavy atom. The van der Waals surface area contributed by atoms with Crippen molar-refractivity contribution in [2.75, 3.05) is 14.2 Å². The number of halogens is 1. The molecule has 0 bridgehead atoms. The molecule has 3 aromatic rings. The fourth-order valence-electron chi connectivity index (χ4n) is 1.94. The fourth-order valence-corrected chi connectivity index (χ4v) is 2.16. The standard InChI is InChI=1S/C13H11ClN4O2/c1-19-9-3-8(4-10(5-9)20-2)13-17-16-12-7-15-6-11(14)18(12)13/h3-7H,1-2H3. The van der Waals surface area contributed by atoms with Gasteiger partial charge in [-0.25, -0.2) is 0 Å². The van der Waals surface area contributed by atoms with E-state index in [2.05, 4.69) is 15.2 Å². The number of hydrogen-bond acceptors (Lipinski definition) is 5. The molecule has 0 N–H and O–H groups in total. The van der Waals surface area contributed by atoms with Crippen LogP contribution in [-0.2, 0) is 0 Å². The van der Waals surface area contributed by atoms with Gasteiger partial charge in [0.2, 0.25) is 0 Å². The van der Waals surface area contributed by atoms with Crippen LogP contribution >= 0.6 is 11.6 Å². The van der Waals surface area contributed by atoms with E-state index in [1.807, 2.05) is 12.1 Å². The van der Waals surface area contributed by atoms with Crippen molar-refractivity contribution in [1.82, 2.24) is 19.6 Å². The summed E-state index contributed by atoms with van der Waals surface area (Å²) in [4.78, 5) is 3.98. The van der Waals surface area contributed by atoms with Crippen LogP contribution in [0.2, 0.25) is 5.15 Å². The van der Waals surface area contributed by atoms with Gasteiger partial charge in [-0.2, -0.15) is 0 Å². The molecule has 0 aliphatic rings. The number of rotatable bonds is 3. The number of ether oxygens (including phenoxy) is 2. The average Bonchev–Trinajstić information content (AvgIpc) is 2.92. The highest BCUT2D eigenvalue weighted by molar-refractivity contribution is 6.29. The van der Waals surface area contributed by atoms with Gasteiger partial charge in [0.25, 0.3) is 0 Å². The first-order valence-electron chi connectivity index (χ1n) is 5.81. The van der Waals surface area contributed by atoms with Gasteiger partial charge in [0, 0.05) is 11.6 Å². The zero-order valence-electron chi connectivity index (χ0n) is 10.9. The van der Waals surface area contributed by atoms with Gasteiger partial charge in [0.1, 0.15) is 16.7 Å². The summed E-state index contributed by atoms with van der Waals surface area (Å²) < 4.78 is 12.2. The molecule has 0 saturated heterocycles. The minimum Gasteiger partial charge on any atom is -0.497 e. The summed E-state index contributed by atoms with van der Waals surface area (Å²) in [6.45, 7) is 0. The molecule has 2 aromatic heterocycles. The van der Waals surface area contributed by atoms with Gasteiger partial charge >= 0.3 is 0 Å². The van der Waals surface area contributed by atoms with Crippen molar-refractivity contribution in [2.45, 2.75) is 0 Å². The van der Waals surface area contributed by atoms with E-state index in [1.54, 1.807) is 37.1 Å². The van der Waals surface area contributed by atoms with Crippen LogP contribution in [0.25, 0.3) is 17.0 Å². The van der Waals surface area contributed by atoms with E-state index in [9.17, 15) is 0 Å². The molecule has 102 valence electrons. The Balaban J connectivity index is 2.25. The number of fused-ring (bicyclic) bond motifs is 1. The van der Waals surface area contributed by atoms with Gasteiger partial charge in [-0.15, -0.1) is 10.2 Å². The number of methoxy groups -OCH3 is 2. The lowest BCUT2D eigenvalue weighted by molar-refractivity contribution is 0.394. The molecule has 0 fully saturated rings. The molecule has 0 spiro atoms. The number of nitrogens with zero attached hydrogens (tertiary/aromatic N) is 4. The first kappa shape index (κ1) is 12.7. The second-order valence-electron chi connectivity index (χ2n) is 4.05. The Morgan fingerprint density at radius 1 is 1.00 bits per heavy atom. The molecule has 3 rings (SSSR count). The highest BCUT2D eigenvalue weighted by Gasteiger charge is 2.13. The summed E-state index contributed by atoms with van der Waals surface area (Å²) in [7, 11) is 3.19. The topological polar surface area (TPSA) is 61.5 Å². The van der Waals surface area contributed by atoms with E-state index in [-0.39, 0.29) is 0 Å². The Morgan fingerprint density at radius 3 is 2.35 bits per heavy atom. The second-order valence-corrected chi connectivity index (χ2v) is 4.44. The molecule has 7 heteroatoms. The Labute approximate surface area is 119 Å². The van der Waals surface area contributed by atoms with Gasteiger partial charge in [-0.3, -0.25) is 9.38 Å². The Hall–Kier alpha value is -2.34. The molecule has 1 aromatic carbocycles. The van der Waals surface area contributed by atoms with Gasteiger partial charge < -0.3 is 9.47 Å². The molecular formula is C13H11ClN4O2. The molecule has 0 radical (unpaired) electrons. The summed E-state index contributed by atoms with van der Waals surface area (Å²) in [6, 6.07) is 5.47. The monoisotopic (exact) mass is 290 g/mol. The third-order valence-corrected chi connectivity index (χ3v) is 3.15. The van der Waals surface area contributed by atoms with Crippen LogP contribution in [0.4, 0.5) is 0 Å². The van der Waals surface area contributed by atoms with Crippen LogP contribution in [-0.4, -0.2) is 33.8 Å². The smallest absolute Gasteiger partial charge is 0.180 e. The second kappa shape index (κ2) is 4.97. The van der Waals surface area contributed by atoms with Gasteiger partial charge in [-0.05, 0) is 12.1 Å². The molecule has 0 atom stereocenters. The van der Waals surface area contributed by atoms with Gasteiger partial charge in [0.05, 0.1) is 26.6 Å². The van der Waals surface area contributed by atoms with Crippen molar-refractivity contribution in [3.05, 3.63) is 35.7 Å². The maximum absolute atomic E-state index is 6.16. The summed E-state index contributed by atoms with van der Waals surface area (Å²) >= 11 is 6.16. The summed E-state index contributed by atoms with van der Waals surface area (Å²) in [5.74, 6) is 1.94. The molecule has 0 amide bonds. The number of hydrogen-bond donors (Lipinski definition) is 0. The molecule has 6 nitrogen and oxygen atoms in total. The zero-order chi connectivity index (χ0) is 14.1. The van der Waals surface area contributed by atoms with Crippen molar-refractivity contribution in [3.63, 3.8) is 0 Å². The van der Waals surface area contributed by atoms with Crippen LogP contribution in [0.15, 0.2) is 30.6 Å². The largest absolute Gasteiger partial charge is 0.497 e. The average molecular weight is 291 g/mol. The van der Waals surface area contributed by atoms with Crippen molar-refractivity contribution >= 4 is 17.2 Å². The third-order valence-electron chi connectivity index (χ3n) is 2.88. The first-order chi connectivity index (χ1) is 9.72. The summed E-state index contributed by atoms with van der Waals surface area (Å²) in [5.41, 5.74) is 1.37. The van der Waals surface area contributed by atoms with Crippen LogP contribution in [0.3, 0.4) is 0 Å². The fraction of sp³-hybridized carbons (Fsp3) is 0.154. The van der Waals surface area contributed by atoms with Crippen molar-refractivity contribution in [3.8, 4) is 22.9 Å². The predicted molar refractivity (Wildman–Crippen MR) is 74.3 cm³/mol. The minimum atomic E-state index is 0.435. The molecule has 0 aliphatic heterocycles. The van der Waals surface area contributed by atoms with E-state index < -0.39 is 0 Å². The number of aromatic nitrogens is 4. The lowest BCUT2D eigenvalue weighted by atomic mass is 10.2. The highest BCUT2D eigenvalue weighted by Crippen LogP contribution is 2.29. The molecule has 2 heterocycles. The van der Waals surface area contributed by atoms with Crippen LogP contribution in [0.1, 0.15) is 0 Å². The van der Waals surface area contributed by atoms with E-state index in [1.165, 1.54) is 0 Å². The first-order valence-corrected chi connectivity index (χ1v) is 6.19. The normalized spacial score (nSPS) is 10.8. The quantitative estimate of drug-likeness (QED) is 0.741. The molecule has 0 unspecified atom stereocenters. The maximum Gasteiger partial charge on any atom is 0.180 e. The zero-order valence-corrected chi connectivity index (χ0v) is 11.6. The number of benzene rings is 1. The minimum absolute atomic E-state index is 0.435. The maximum atomic E-state index is 6.16. The summed E-state index contributed by atoms with van der Waals surface area (Å²) in [5, 5.41) is 8.64. The lowest BCUT2D eigenvalue weighted by Crippen LogP contribution is -1.94. The van der Waals surface area contributed by atoms with Crippen LogP contribution in [0, 0.1) is 0 Å². The van der Waals surface area contributed by atoms with Crippen molar-refractivity contribution < 1.29 is 9.47 Å². The molecular weight excluding hydrogens is 280 g/mol.